The minimum absolute atomic E-state index is 0.0477. The van der Waals surface area contributed by atoms with Gasteiger partial charge >= 0.3 is 0 Å². The minimum Gasteiger partial charge on any atom is -0.294 e. The normalized spacial score (nSPS) is 15.8. The van der Waals surface area contributed by atoms with Crippen molar-refractivity contribution in [3.8, 4) is 0 Å². The highest BCUT2D eigenvalue weighted by molar-refractivity contribution is 7.89. The molecule has 0 atom stereocenters. The second kappa shape index (κ2) is 4.58. The van der Waals surface area contributed by atoms with E-state index in [1.807, 2.05) is 0 Å². The van der Waals surface area contributed by atoms with Crippen LogP contribution in [0.3, 0.4) is 0 Å². The maximum Gasteiger partial charge on any atom is 0.240 e. The Hall–Kier alpha value is -1.20. The van der Waals surface area contributed by atoms with Crippen LogP contribution in [0.2, 0.25) is 0 Å². The van der Waals surface area contributed by atoms with Gasteiger partial charge in [0, 0.05) is 18.0 Å². The van der Waals surface area contributed by atoms with Crippen LogP contribution in [0.5, 0.6) is 0 Å². The van der Waals surface area contributed by atoms with E-state index in [2.05, 4.69) is 4.72 Å². The quantitative estimate of drug-likeness (QED) is 0.813. The number of benzene rings is 1. The van der Waals surface area contributed by atoms with Crippen molar-refractivity contribution in [2.75, 3.05) is 0 Å². The van der Waals surface area contributed by atoms with E-state index in [0.29, 0.717) is 12.0 Å². The van der Waals surface area contributed by atoms with Crippen molar-refractivity contribution in [3.63, 3.8) is 0 Å². The van der Waals surface area contributed by atoms with Crippen molar-refractivity contribution in [2.24, 2.45) is 0 Å². The van der Waals surface area contributed by atoms with Gasteiger partial charge in [0.1, 0.15) is 0 Å². The lowest BCUT2D eigenvalue weighted by molar-refractivity contribution is 0.0988. The molecule has 1 fully saturated rings. The maximum absolute atomic E-state index is 11.9. The van der Waals surface area contributed by atoms with E-state index in [1.54, 1.807) is 19.1 Å². The Bertz CT molecular complexity index is 532. The summed E-state index contributed by atoms with van der Waals surface area (Å²) in [5, 5.41) is 0. The van der Waals surface area contributed by atoms with Crippen molar-refractivity contribution in [1.82, 2.24) is 4.72 Å². The van der Waals surface area contributed by atoms with Crippen LogP contribution in [0.25, 0.3) is 0 Å². The molecule has 0 amide bonds. The number of ketones is 1. The number of hydrogen-bond acceptors (Lipinski definition) is 3. The molecule has 1 aliphatic carbocycles. The lowest BCUT2D eigenvalue weighted by Crippen LogP contribution is -2.25. The highest BCUT2D eigenvalue weighted by Gasteiger charge is 2.28. The van der Waals surface area contributed by atoms with Gasteiger partial charge in [0.05, 0.1) is 4.90 Å². The lowest BCUT2D eigenvalue weighted by Gasteiger charge is -2.06. The van der Waals surface area contributed by atoms with E-state index in [-0.39, 0.29) is 16.7 Å². The summed E-state index contributed by atoms with van der Waals surface area (Å²) in [6, 6.07) is 6.27. The summed E-state index contributed by atoms with van der Waals surface area (Å²) >= 11 is 0. The Balaban J connectivity index is 2.28. The van der Waals surface area contributed by atoms with Gasteiger partial charge in [-0.1, -0.05) is 19.1 Å². The molecule has 5 heteroatoms. The van der Waals surface area contributed by atoms with Gasteiger partial charge < -0.3 is 0 Å². The molecule has 4 nitrogen and oxygen atoms in total. The molecule has 0 aromatic heterocycles. The van der Waals surface area contributed by atoms with Crippen LogP contribution in [-0.4, -0.2) is 20.2 Å². The Labute approximate surface area is 101 Å². The van der Waals surface area contributed by atoms with Crippen molar-refractivity contribution in [2.45, 2.75) is 37.1 Å². The summed E-state index contributed by atoms with van der Waals surface area (Å²) in [7, 11) is -3.46. The predicted molar refractivity (Wildman–Crippen MR) is 64.4 cm³/mol. The standard InChI is InChI=1S/C12H15NO3S/c1-2-12(14)9-4-3-5-11(8-9)17(15,16)13-10-6-7-10/h3-5,8,10,13H,2,6-7H2,1H3. The Morgan fingerprint density at radius 1 is 1.41 bits per heavy atom. The smallest absolute Gasteiger partial charge is 0.240 e. The molecule has 17 heavy (non-hydrogen) atoms. The van der Waals surface area contributed by atoms with Crippen molar-refractivity contribution in [3.05, 3.63) is 29.8 Å². The van der Waals surface area contributed by atoms with Gasteiger partial charge in [-0.05, 0) is 25.0 Å². The van der Waals surface area contributed by atoms with Crippen LogP contribution < -0.4 is 4.72 Å². The van der Waals surface area contributed by atoms with Crippen molar-refractivity contribution >= 4 is 15.8 Å². The first-order chi connectivity index (χ1) is 8.03. The fourth-order valence-electron chi connectivity index (χ4n) is 1.53. The van der Waals surface area contributed by atoms with Crippen molar-refractivity contribution < 1.29 is 13.2 Å². The summed E-state index contributed by atoms with van der Waals surface area (Å²) in [5.41, 5.74) is 0.450. The first-order valence-electron chi connectivity index (χ1n) is 5.68. The fourth-order valence-corrected chi connectivity index (χ4v) is 2.88. The van der Waals surface area contributed by atoms with Crippen LogP contribution in [0, 0.1) is 0 Å². The molecule has 2 rings (SSSR count). The highest BCUT2D eigenvalue weighted by Crippen LogP contribution is 2.22. The third-order valence-corrected chi connectivity index (χ3v) is 4.20. The molecule has 0 spiro atoms. The summed E-state index contributed by atoms with van der Waals surface area (Å²) in [4.78, 5) is 11.7. The molecule has 1 N–H and O–H groups in total. The van der Waals surface area contributed by atoms with Gasteiger partial charge in [0.15, 0.2) is 5.78 Å². The van der Waals surface area contributed by atoms with Crippen LogP contribution in [0.1, 0.15) is 36.5 Å². The van der Waals surface area contributed by atoms with Crippen molar-refractivity contribution in [1.29, 1.82) is 0 Å². The van der Waals surface area contributed by atoms with E-state index in [4.69, 9.17) is 0 Å². The maximum atomic E-state index is 11.9. The molecule has 1 aromatic carbocycles. The van der Waals surface area contributed by atoms with Crippen LogP contribution in [0.15, 0.2) is 29.2 Å². The largest absolute Gasteiger partial charge is 0.294 e. The third-order valence-electron chi connectivity index (χ3n) is 2.69. The SMILES string of the molecule is CCC(=O)c1cccc(S(=O)(=O)NC2CC2)c1. The molecule has 0 aliphatic heterocycles. The number of Topliss-reactive ketones (excluding diaryl/α,β-unsaturated/α-hetero) is 1. The molecule has 0 bridgehead atoms. The third kappa shape index (κ3) is 2.92. The molecule has 92 valence electrons. The number of carbonyl (C=O) groups excluding carboxylic acids is 1. The van der Waals surface area contributed by atoms with Gasteiger partial charge in [-0.2, -0.15) is 0 Å². The number of carbonyl (C=O) groups is 1. The minimum atomic E-state index is -3.46. The average Bonchev–Trinajstić information content (AvgIpc) is 3.11. The van der Waals surface area contributed by atoms with E-state index in [9.17, 15) is 13.2 Å². The second-order valence-corrected chi connectivity index (χ2v) is 5.91. The Morgan fingerprint density at radius 3 is 2.71 bits per heavy atom. The zero-order chi connectivity index (χ0) is 12.5. The summed E-state index contributed by atoms with van der Waals surface area (Å²) in [6.45, 7) is 1.76. The lowest BCUT2D eigenvalue weighted by atomic mass is 10.1. The first-order valence-corrected chi connectivity index (χ1v) is 7.17. The summed E-state index contributed by atoms with van der Waals surface area (Å²) in [6.07, 6.45) is 2.17. The van der Waals surface area contributed by atoms with Crippen LogP contribution in [-0.2, 0) is 10.0 Å². The molecule has 1 saturated carbocycles. The first kappa shape index (κ1) is 12.3. The van der Waals surface area contributed by atoms with Crippen LogP contribution in [0.4, 0.5) is 0 Å². The molecule has 0 heterocycles. The number of nitrogens with one attached hydrogen (secondary N) is 1. The molecule has 1 aromatic rings. The topological polar surface area (TPSA) is 63.2 Å². The Kier molecular flexibility index (Phi) is 3.31. The molecule has 1 aliphatic rings. The van der Waals surface area contributed by atoms with E-state index >= 15 is 0 Å². The molecular weight excluding hydrogens is 238 g/mol. The van der Waals surface area contributed by atoms with E-state index in [0.717, 1.165) is 12.8 Å². The second-order valence-electron chi connectivity index (χ2n) is 4.20. The van der Waals surface area contributed by atoms with E-state index < -0.39 is 10.0 Å². The van der Waals surface area contributed by atoms with Gasteiger partial charge in [-0.25, -0.2) is 13.1 Å². The van der Waals surface area contributed by atoms with Gasteiger partial charge in [0.2, 0.25) is 10.0 Å². The molecular formula is C12H15NO3S. The molecule has 0 unspecified atom stereocenters. The number of hydrogen-bond donors (Lipinski definition) is 1. The van der Waals surface area contributed by atoms with Gasteiger partial charge in [0.25, 0.3) is 0 Å². The summed E-state index contributed by atoms with van der Waals surface area (Å²) < 4.78 is 26.4. The zero-order valence-corrected chi connectivity index (χ0v) is 10.5. The van der Waals surface area contributed by atoms with E-state index in [1.165, 1.54) is 12.1 Å². The van der Waals surface area contributed by atoms with Gasteiger partial charge in [-0.3, -0.25) is 4.79 Å². The average molecular weight is 253 g/mol. The van der Waals surface area contributed by atoms with Gasteiger partial charge in [-0.15, -0.1) is 0 Å². The number of sulfonamides is 1. The predicted octanol–water partition coefficient (Wildman–Crippen LogP) is 1.72. The molecule has 0 saturated heterocycles. The van der Waals surface area contributed by atoms with Crippen LogP contribution >= 0.6 is 0 Å². The number of rotatable bonds is 5. The summed E-state index contributed by atoms with van der Waals surface area (Å²) in [5.74, 6) is -0.0477. The molecule has 0 radical (unpaired) electrons. The zero-order valence-electron chi connectivity index (χ0n) is 9.64. The fraction of sp³-hybridized carbons (Fsp3) is 0.417. The monoisotopic (exact) mass is 253 g/mol. The highest BCUT2D eigenvalue weighted by atomic mass is 32.2. The Morgan fingerprint density at radius 2 is 2.12 bits per heavy atom.